The number of hydrogen-bond donors (Lipinski definition) is 0. The third-order valence-electron chi connectivity index (χ3n) is 7.69. The average molecular weight is 649 g/mol. The number of hydrogen-bond acceptors (Lipinski definition) is 8. The van der Waals surface area contributed by atoms with Gasteiger partial charge in [0.15, 0.2) is 0 Å². The lowest BCUT2D eigenvalue weighted by Crippen LogP contribution is -2.56. The van der Waals surface area contributed by atoms with Gasteiger partial charge < -0.3 is 18.7 Å². The molecule has 5 rings (SSSR count). The number of anilines is 1. The summed E-state index contributed by atoms with van der Waals surface area (Å²) in [5.74, 6) is -0.489. The molecule has 0 aliphatic carbocycles. The number of nitrogens with zero attached hydrogens (tertiary/aromatic N) is 4. The van der Waals surface area contributed by atoms with Crippen molar-refractivity contribution in [3.63, 3.8) is 0 Å². The van der Waals surface area contributed by atoms with Crippen LogP contribution in [-0.2, 0) is 26.1 Å². The highest BCUT2D eigenvalue weighted by Gasteiger charge is 2.35. The van der Waals surface area contributed by atoms with Crippen molar-refractivity contribution >= 4 is 38.6 Å². The number of halogens is 1. The van der Waals surface area contributed by atoms with E-state index in [4.69, 9.17) is 8.92 Å². The van der Waals surface area contributed by atoms with E-state index in [1.165, 1.54) is 42.4 Å². The molecule has 0 unspecified atom stereocenters. The van der Waals surface area contributed by atoms with Crippen LogP contribution in [0.3, 0.4) is 0 Å². The van der Waals surface area contributed by atoms with Crippen molar-refractivity contribution in [2.24, 2.45) is 0 Å². The first-order valence-electron chi connectivity index (χ1n) is 14.9. The fourth-order valence-electron chi connectivity index (χ4n) is 5.32. The number of aromatic nitrogens is 1. The molecule has 1 aliphatic heterocycles. The third kappa shape index (κ3) is 7.56. The number of fused-ring (bicyclic) bond motifs is 1. The summed E-state index contributed by atoms with van der Waals surface area (Å²) in [7, 11) is -2.63. The molecule has 4 aromatic rings. The Labute approximate surface area is 268 Å². The quantitative estimate of drug-likeness (QED) is 0.238. The summed E-state index contributed by atoms with van der Waals surface area (Å²) >= 11 is 0. The minimum atomic E-state index is -4.16. The van der Waals surface area contributed by atoms with Crippen LogP contribution in [0.25, 0.3) is 10.8 Å². The Kier molecular flexibility index (Phi) is 9.47. The van der Waals surface area contributed by atoms with Crippen molar-refractivity contribution < 1.29 is 31.3 Å². The van der Waals surface area contributed by atoms with Gasteiger partial charge in [-0.1, -0.05) is 36.4 Å². The van der Waals surface area contributed by atoms with E-state index in [0.717, 1.165) is 0 Å². The highest BCUT2D eigenvalue weighted by atomic mass is 32.2. The van der Waals surface area contributed by atoms with Crippen molar-refractivity contribution in [3.8, 4) is 5.75 Å². The molecule has 1 aromatic heterocycles. The second-order valence-electron chi connectivity index (χ2n) is 12.1. The summed E-state index contributed by atoms with van der Waals surface area (Å²) in [6.45, 7) is 6.81. The predicted molar refractivity (Wildman–Crippen MR) is 173 cm³/mol. The molecule has 1 atom stereocenters. The number of rotatable bonds is 8. The number of carbonyl (C=O) groups excluding carboxylic acids is 2. The smallest absolute Gasteiger partial charge is 0.410 e. The Hall–Kier alpha value is -4.71. The number of ether oxygens (including phenoxy) is 1. The van der Waals surface area contributed by atoms with E-state index < -0.39 is 27.9 Å². The van der Waals surface area contributed by atoms with Gasteiger partial charge in [-0.3, -0.25) is 14.7 Å². The Bertz CT molecular complexity index is 1810. The van der Waals surface area contributed by atoms with E-state index in [-0.39, 0.29) is 28.8 Å². The second kappa shape index (κ2) is 13.3. The van der Waals surface area contributed by atoms with Gasteiger partial charge in [0, 0.05) is 62.8 Å². The lowest BCUT2D eigenvalue weighted by atomic mass is 10.0. The monoisotopic (exact) mass is 648 g/mol. The van der Waals surface area contributed by atoms with E-state index in [0.29, 0.717) is 48.2 Å². The maximum atomic E-state index is 14.4. The molecule has 0 bridgehead atoms. The van der Waals surface area contributed by atoms with Crippen molar-refractivity contribution in [1.29, 1.82) is 0 Å². The summed E-state index contributed by atoms with van der Waals surface area (Å²) in [6, 6.07) is 18.5. The van der Waals surface area contributed by atoms with Crippen molar-refractivity contribution in [2.75, 3.05) is 38.1 Å². The molecule has 1 aliphatic rings. The number of likely N-dealkylation sites (N-methyl/N-ethyl adjacent to an activating group) is 1. The number of amides is 2. The summed E-state index contributed by atoms with van der Waals surface area (Å²) in [4.78, 5) is 35.9. The Morgan fingerprint density at radius 3 is 2.33 bits per heavy atom. The molecule has 10 nitrogen and oxygen atoms in total. The van der Waals surface area contributed by atoms with Crippen molar-refractivity contribution in [1.82, 2.24) is 14.8 Å². The Balaban J connectivity index is 1.32. The number of pyridine rings is 1. The Morgan fingerprint density at radius 1 is 0.957 bits per heavy atom. The van der Waals surface area contributed by atoms with Crippen LogP contribution in [0.2, 0.25) is 0 Å². The first-order valence-corrected chi connectivity index (χ1v) is 16.3. The van der Waals surface area contributed by atoms with E-state index in [2.05, 4.69) is 4.98 Å². The molecule has 3 aromatic carbocycles. The zero-order valence-electron chi connectivity index (χ0n) is 26.2. The third-order valence-corrected chi connectivity index (χ3v) is 8.99. The molecular weight excluding hydrogens is 611 g/mol. The molecule has 0 spiro atoms. The molecule has 0 radical (unpaired) electrons. The van der Waals surface area contributed by atoms with Crippen molar-refractivity contribution in [3.05, 3.63) is 96.6 Å². The minimum absolute atomic E-state index is 0.0243. The standard InChI is InChI=1S/C34H37FN4O6S/c1-34(2,3)44-33(41)37(4)30(32(40)39-20-18-38(19-21-39)29-10-6-5-9-28(29)35)22-24-12-14-26(15-13-24)45-46(42,43)31-11-7-8-25-23-36-17-16-27(25)31/h5-17,23,30H,18-22H2,1-4H3/t30-/m0/s1. The van der Waals surface area contributed by atoms with Crippen LogP contribution in [-0.4, -0.2) is 80.1 Å². The van der Waals surface area contributed by atoms with Crippen LogP contribution in [0.5, 0.6) is 5.75 Å². The number of carbonyl (C=O) groups is 2. The van der Waals surface area contributed by atoms with Gasteiger partial charge in [-0.05, 0) is 62.7 Å². The largest absolute Gasteiger partial charge is 0.444 e. The van der Waals surface area contributed by atoms with Crippen LogP contribution < -0.4 is 9.08 Å². The molecule has 0 N–H and O–H groups in total. The molecule has 2 heterocycles. The normalized spacial score (nSPS) is 14.5. The lowest BCUT2D eigenvalue weighted by Gasteiger charge is -2.39. The number of benzene rings is 3. The van der Waals surface area contributed by atoms with Crippen molar-refractivity contribution in [2.45, 2.75) is 43.7 Å². The molecule has 2 amide bonds. The summed E-state index contributed by atoms with van der Waals surface area (Å²) in [5, 5.41) is 1.16. The van der Waals surface area contributed by atoms with Crippen LogP contribution in [0.1, 0.15) is 26.3 Å². The maximum absolute atomic E-state index is 14.4. The SMILES string of the molecule is CN(C(=O)OC(C)(C)C)[C@@H](Cc1ccc(OS(=O)(=O)c2cccc3cnccc23)cc1)C(=O)N1CCN(c2ccccc2F)CC1. The van der Waals surface area contributed by atoms with Crippen LogP contribution in [0, 0.1) is 5.82 Å². The fourth-order valence-corrected chi connectivity index (χ4v) is 6.48. The van der Waals surface area contributed by atoms with Crippen LogP contribution >= 0.6 is 0 Å². The van der Waals surface area contributed by atoms with Gasteiger partial charge in [0.1, 0.15) is 28.1 Å². The average Bonchev–Trinajstić information content (AvgIpc) is 3.03. The maximum Gasteiger partial charge on any atom is 0.410 e. The molecule has 12 heteroatoms. The first-order chi connectivity index (χ1) is 21.8. The summed E-state index contributed by atoms with van der Waals surface area (Å²) in [6.07, 6.45) is 2.60. The van der Waals surface area contributed by atoms with Crippen LogP contribution in [0.4, 0.5) is 14.9 Å². The molecule has 1 saturated heterocycles. The molecule has 46 heavy (non-hydrogen) atoms. The zero-order chi connectivity index (χ0) is 33.1. The minimum Gasteiger partial charge on any atom is -0.444 e. The van der Waals surface area contributed by atoms with E-state index in [9.17, 15) is 22.4 Å². The second-order valence-corrected chi connectivity index (χ2v) is 13.6. The topological polar surface area (TPSA) is 109 Å². The van der Waals surface area contributed by atoms with Gasteiger partial charge in [-0.15, -0.1) is 0 Å². The molecule has 0 saturated carbocycles. The highest BCUT2D eigenvalue weighted by molar-refractivity contribution is 7.87. The fraction of sp³-hybridized carbons (Fsp3) is 0.324. The van der Waals surface area contributed by atoms with E-state index in [1.54, 1.807) is 80.4 Å². The van der Waals surface area contributed by atoms with Gasteiger partial charge in [0.05, 0.1) is 5.69 Å². The van der Waals surface area contributed by atoms with Gasteiger partial charge in [-0.2, -0.15) is 8.42 Å². The van der Waals surface area contributed by atoms with Gasteiger partial charge in [0.25, 0.3) is 0 Å². The highest BCUT2D eigenvalue weighted by Crippen LogP contribution is 2.27. The van der Waals surface area contributed by atoms with Gasteiger partial charge in [0.2, 0.25) is 5.91 Å². The van der Waals surface area contributed by atoms with Crippen LogP contribution in [0.15, 0.2) is 90.1 Å². The summed E-state index contributed by atoms with van der Waals surface area (Å²) < 4.78 is 51.8. The lowest BCUT2D eigenvalue weighted by molar-refractivity contribution is -0.136. The van der Waals surface area contributed by atoms with E-state index in [1.807, 2.05) is 4.90 Å². The predicted octanol–water partition coefficient (Wildman–Crippen LogP) is 5.27. The summed E-state index contributed by atoms with van der Waals surface area (Å²) in [5.41, 5.74) is 0.397. The number of para-hydroxylation sites is 1. The van der Waals surface area contributed by atoms with Gasteiger partial charge >= 0.3 is 16.2 Å². The Morgan fingerprint density at radius 2 is 1.65 bits per heavy atom. The molecule has 1 fully saturated rings. The molecule has 242 valence electrons. The number of piperazine rings is 1. The first kappa shape index (κ1) is 32.7. The molecular formula is C34H37FN4O6S. The zero-order valence-corrected chi connectivity index (χ0v) is 27.0. The van der Waals surface area contributed by atoms with Gasteiger partial charge in [-0.25, -0.2) is 9.18 Å². The van der Waals surface area contributed by atoms with E-state index >= 15 is 0 Å².